The van der Waals surface area contributed by atoms with Crippen LogP contribution in [0.15, 0.2) is 47.4 Å². The molecule has 7 heteroatoms. The second kappa shape index (κ2) is 10.3. The molecule has 0 aromatic heterocycles. The van der Waals surface area contributed by atoms with Gasteiger partial charge in [-0.1, -0.05) is 43.2 Å². The van der Waals surface area contributed by atoms with Crippen LogP contribution in [0.4, 0.5) is 10.5 Å². The fraction of sp³-hybridized carbons (Fsp3) is 0.292. The molecule has 0 radical (unpaired) electrons. The van der Waals surface area contributed by atoms with Crippen molar-refractivity contribution in [2.75, 3.05) is 18.5 Å². The molecule has 0 bridgehead atoms. The van der Waals surface area contributed by atoms with Crippen molar-refractivity contribution in [2.45, 2.75) is 33.6 Å². The number of aryl methyl sites for hydroxylation is 2. The van der Waals surface area contributed by atoms with E-state index in [1.165, 1.54) is 0 Å². The number of imide groups is 1. The van der Waals surface area contributed by atoms with Crippen molar-refractivity contribution < 1.29 is 19.1 Å². The summed E-state index contributed by atoms with van der Waals surface area (Å²) in [5.41, 5.74) is 3.46. The number of hydrogen-bond acceptors (Lipinski definition) is 5. The van der Waals surface area contributed by atoms with Crippen LogP contribution in [0.25, 0.3) is 6.08 Å². The van der Waals surface area contributed by atoms with Crippen LogP contribution in [0.1, 0.15) is 36.5 Å². The van der Waals surface area contributed by atoms with Crippen molar-refractivity contribution in [3.63, 3.8) is 0 Å². The largest absolute Gasteiger partial charge is 0.494 e. The molecule has 162 valence electrons. The van der Waals surface area contributed by atoms with Gasteiger partial charge in [0, 0.05) is 5.69 Å². The number of nitrogens with one attached hydrogen (secondary N) is 1. The smallest absolute Gasteiger partial charge is 0.294 e. The molecule has 0 atom stereocenters. The van der Waals surface area contributed by atoms with Gasteiger partial charge in [0.05, 0.1) is 11.5 Å². The first-order chi connectivity index (χ1) is 14.9. The maximum absolute atomic E-state index is 12.7. The number of anilines is 1. The summed E-state index contributed by atoms with van der Waals surface area (Å²) in [6.07, 6.45) is 3.71. The number of hydrogen-bond donors (Lipinski definition) is 1. The number of thioether (sulfide) groups is 1. The molecule has 1 aliphatic rings. The molecule has 1 heterocycles. The number of carbonyl (C=O) groups is 3. The molecule has 2 aromatic rings. The molecule has 1 aliphatic heterocycles. The lowest BCUT2D eigenvalue weighted by Gasteiger charge is -2.14. The van der Waals surface area contributed by atoms with Gasteiger partial charge in [-0.25, -0.2) is 0 Å². The van der Waals surface area contributed by atoms with Crippen molar-refractivity contribution in [1.82, 2.24) is 4.90 Å². The quantitative estimate of drug-likeness (QED) is 0.455. The van der Waals surface area contributed by atoms with E-state index in [1.807, 2.05) is 56.3 Å². The Balaban J connectivity index is 1.62. The fourth-order valence-corrected chi connectivity index (χ4v) is 3.91. The number of amides is 3. The maximum Gasteiger partial charge on any atom is 0.294 e. The Morgan fingerprint density at radius 2 is 1.87 bits per heavy atom. The van der Waals surface area contributed by atoms with E-state index in [4.69, 9.17) is 4.74 Å². The number of rotatable bonds is 8. The second-order valence-corrected chi connectivity index (χ2v) is 8.40. The van der Waals surface area contributed by atoms with Crippen LogP contribution in [0.3, 0.4) is 0 Å². The van der Waals surface area contributed by atoms with Gasteiger partial charge < -0.3 is 10.1 Å². The summed E-state index contributed by atoms with van der Waals surface area (Å²) in [6, 6.07) is 13.0. The third-order valence-corrected chi connectivity index (χ3v) is 5.68. The first-order valence-corrected chi connectivity index (χ1v) is 11.0. The van der Waals surface area contributed by atoms with Crippen molar-refractivity contribution in [1.29, 1.82) is 0 Å². The number of nitrogens with zero attached hydrogens (tertiary/aromatic N) is 1. The lowest BCUT2D eigenvalue weighted by atomic mass is 10.1. The molecular formula is C24H26N2O4S. The van der Waals surface area contributed by atoms with Gasteiger partial charge in [0.1, 0.15) is 12.3 Å². The van der Waals surface area contributed by atoms with Crippen molar-refractivity contribution in [3.05, 3.63) is 64.1 Å². The van der Waals surface area contributed by atoms with E-state index >= 15 is 0 Å². The third kappa shape index (κ3) is 5.98. The average molecular weight is 439 g/mol. The highest BCUT2D eigenvalue weighted by Crippen LogP contribution is 2.32. The van der Waals surface area contributed by atoms with Crippen LogP contribution >= 0.6 is 11.8 Å². The van der Waals surface area contributed by atoms with Crippen LogP contribution in [0.2, 0.25) is 0 Å². The zero-order chi connectivity index (χ0) is 22.4. The second-order valence-electron chi connectivity index (χ2n) is 7.41. The molecule has 3 amide bonds. The molecule has 0 aliphatic carbocycles. The molecule has 6 nitrogen and oxygen atoms in total. The van der Waals surface area contributed by atoms with E-state index in [1.54, 1.807) is 6.08 Å². The Morgan fingerprint density at radius 1 is 1.13 bits per heavy atom. The number of carbonyl (C=O) groups excluding carboxylic acids is 3. The van der Waals surface area contributed by atoms with Gasteiger partial charge in [-0.3, -0.25) is 19.3 Å². The van der Waals surface area contributed by atoms with E-state index in [-0.39, 0.29) is 6.54 Å². The minimum Gasteiger partial charge on any atom is -0.494 e. The van der Waals surface area contributed by atoms with Crippen molar-refractivity contribution in [3.8, 4) is 5.75 Å². The highest BCUT2D eigenvalue weighted by molar-refractivity contribution is 8.18. The number of unbranched alkanes of at least 4 members (excludes halogenated alkanes) is 1. The van der Waals surface area contributed by atoms with E-state index in [0.29, 0.717) is 17.2 Å². The predicted octanol–water partition coefficient (Wildman–Crippen LogP) is 5.16. The highest BCUT2D eigenvalue weighted by atomic mass is 32.2. The minimum absolute atomic E-state index is 0.295. The number of benzene rings is 2. The Hall–Kier alpha value is -3.06. The summed E-state index contributed by atoms with van der Waals surface area (Å²) in [5, 5.41) is 2.32. The third-order valence-electron chi connectivity index (χ3n) is 4.78. The molecule has 31 heavy (non-hydrogen) atoms. The van der Waals surface area contributed by atoms with E-state index in [9.17, 15) is 14.4 Å². The standard InChI is InChI=1S/C24H26N2O4S/c1-4-5-12-30-19-9-7-18(8-10-19)14-21-23(28)26(24(29)31-21)15-22(27)25-20-11-6-16(2)13-17(20)3/h6-11,13-14H,4-5,12,15H2,1-3H3,(H,25,27)/b21-14-. The van der Waals surface area contributed by atoms with Crippen LogP contribution in [0.5, 0.6) is 5.75 Å². The maximum atomic E-state index is 12.7. The summed E-state index contributed by atoms with van der Waals surface area (Å²) in [6.45, 7) is 6.31. The van der Waals surface area contributed by atoms with Crippen LogP contribution in [-0.4, -0.2) is 35.1 Å². The zero-order valence-corrected chi connectivity index (χ0v) is 18.8. The molecule has 2 aromatic carbocycles. The van der Waals surface area contributed by atoms with E-state index in [0.717, 1.165) is 51.9 Å². The zero-order valence-electron chi connectivity index (χ0n) is 17.9. The molecular weight excluding hydrogens is 412 g/mol. The first kappa shape index (κ1) is 22.6. The molecule has 1 fully saturated rings. The predicted molar refractivity (Wildman–Crippen MR) is 124 cm³/mol. The monoisotopic (exact) mass is 438 g/mol. The summed E-state index contributed by atoms with van der Waals surface area (Å²) in [7, 11) is 0. The summed E-state index contributed by atoms with van der Waals surface area (Å²) in [5.74, 6) is -0.111. The molecule has 0 spiro atoms. The van der Waals surface area contributed by atoms with Gasteiger partial charge >= 0.3 is 0 Å². The van der Waals surface area contributed by atoms with Crippen LogP contribution in [0, 0.1) is 13.8 Å². The molecule has 1 N–H and O–H groups in total. The fourth-order valence-electron chi connectivity index (χ4n) is 3.07. The molecule has 1 saturated heterocycles. The van der Waals surface area contributed by atoms with Gasteiger partial charge in [-0.15, -0.1) is 0 Å². The Bertz CT molecular complexity index is 1010. The lowest BCUT2D eigenvalue weighted by molar-refractivity contribution is -0.127. The lowest BCUT2D eigenvalue weighted by Crippen LogP contribution is -2.36. The van der Waals surface area contributed by atoms with Gasteiger partial charge in [-0.05, 0) is 67.4 Å². The van der Waals surface area contributed by atoms with Crippen LogP contribution < -0.4 is 10.1 Å². The minimum atomic E-state index is -0.464. The molecule has 0 saturated carbocycles. The molecule has 3 rings (SSSR count). The topological polar surface area (TPSA) is 75.7 Å². The van der Waals surface area contributed by atoms with E-state index < -0.39 is 17.1 Å². The van der Waals surface area contributed by atoms with Crippen LogP contribution in [-0.2, 0) is 9.59 Å². The number of ether oxygens (including phenoxy) is 1. The Labute approximate surface area is 186 Å². The normalized spacial score (nSPS) is 14.9. The first-order valence-electron chi connectivity index (χ1n) is 10.2. The average Bonchev–Trinajstić information content (AvgIpc) is 2.99. The van der Waals surface area contributed by atoms with E-state index in [2.05, 4.69) is 12.2 Å². The Morgan fingerprint density at radius 3 is 2.55 bits per heavy atom. The summed E-state index contributed by atoms with van der Waals surface area (Å²) >= 11 is 0.838. The van der Waals surface area contributed by atoms with Gasteiger partial charge in [-0.2, -0.15) is 0 Å². The Kier molecular flexibility index (Phi) is 7.52. The summed E-state index contributed by atoms with van der Waals surface area (Å²) < 4.78 is 5.63. The highest BCUT2D eigenvalue weighted by Gasteiger charge is 2.36. The van der Waals surface area contributed by atoms with Crippen molar-refractivity contribution in [2.24, 2.45) is 0 Å². The summed E-state index contributed by atoms with van der Waals surface area (Å²) in [4.78, 5) is 38.7. The van der Waals surface area contributed by atoms with Gasteiger partial charge in [0.2, 0.25) is 5.91 Å². The van der Waals surface area contributed by atoms with Gasteiger partial charge in [0.25, 0.3) is 11.1 Å². The SMILES string of the molecule is CCCCOc1ccc(/C=C2\SC(=O)N(CC(=O)Nc3ccc(C)cc3C)C2=O)cc1. The molecule has 0 unspecified atom stereocenters. The van der Waals surface area contributed by atoms with Gasteiger partial charge in [0.15, 0.2) is 0 Å². The van der Waals surface area contributed by atoms with Crippen molar-refractivity contribution >= 4 is 40.6 Å².